The lowest BCUT2D eigenvalue weighted by molar-refractivity contribution is 0.0937. The van der Waals surface area contributed by atoms with Crippen molar-refractivity contribution in [3.8, 4) is 11.3 Å². The van der Waals surface area contributed by atoms with Gasteiger partial charge in [0.15, 0.2) is 5.65 Å². The Kier molecular flexibility index (Phi) is 5.82. The molecule has 1 unspecified atom stereocenters. The first-order chi connectivity index (χ1) is 16.6. The van der Waals surface area contributed by atoms with Crippen molar-refractivity contribution in [2.75, 3.05) is 0 Å². The van der Waals surface area contributed by atoms with Crippen LogP contribution in [0.1, 0.15) is 22.8 Å². The minimum atomic E-state index is -0.312. The molecule has 2 aromatic carbocycles. The maximum Gasteiger partial charge on any atom is 0.252 e. The van der Waals surface area contributed by atoms with Crippen LogP contribution < -0.4 is 5.32 Å². The van der Waals surface area contributed by atoms with Crippen molar-refractivity contribution < 1.29 is 9.18 Å². The minimum Gasteiger partial charge on any atom is -0.348 e. The Bertz CT molecular complexity index is 1430. The molecule has 0 fully saturated rings. The van der Waals surface area contributed by atoms with Gasteiger partial charge in [0, 0.05) is 11.6 Å². The number of pyridine rings is 1. The lowest BCUT2D eigenvalue weighted by Gasteiger charge is -2.15. The molecule has 34 heavy (non-hydrogen) atoms. The highest BCUT2D eigenvalue weighted by Crippen LogP contribution is 2.25. The van der Waals surface area contributed by atoms with Crippen LogP contribution in [0.2, 0.25) is 0 Å². The van der Waals surface area contributed by atoms with Gasteiger partial charge in [0.25, 0.3) is 5.91 Å². The van der Waals surface area contributed by atoms with Gasteiger partial charge in [0.2, 0.25) is 0 Å². The monoisotopic (exact) mass is 455 g/mol. The van der Waals surface area contributed by atoms with E-state index in [0.29, 0.717) is 35.4 Å². The molecule has 0 saturated heterocycles. The zero-order chi connectivity index (χ0) is 23.5. The smallest absolute Gasteiger partial charge is 0.252 e. The summed E-state index contributed by atoms with van der Waals surface area (Å²) in [6.45, 7) is 2.73. The number of carbonyl (C=O) groups excluding carboxylic acids is 1. The predicted octanol–water partition coefficient (Wildman–Crippen LogP) is 3.70. The number of rotatable bonds is 7. The van der Waals surface area contributed by atoms with E-state index in [4.69, 9.17) is 4.98 Å². The summed E-state index contributed by atoms with van der Waals surface area (Å²) in [5.41, 5.74) is 3.32. The molecule has 9 heteroatoms. The highest BCUT2D eigenvalue weighted by atomic mass is 19.1. The molecular weight excluding hydrogens is 433 g/mol. The van der Waals surface area contributed by atoms with E-state index in [0.717, 1.165) is 11.1 Å². The third kappa shape index (κ3) is 4.54. The molecule has 3 aromatic heterocycles. The SMILES string of the molecule is CC(Cn1cncn1)NC(=O)c1cc(-c2ccccc2)nc2c1cnn2Cc1cccc(F)c1. The van der Waals surface area contributed by atoms with E-state index in [2.05, 4.69) is 20.5 Å². The fourth-order valence-corrected chi connectivity index (χ4v) is 3.87. The summed E-state index contributed by atoms with van der Waals surface area (Å²) in [6.07, 6.45) is 4.70. The van der Waals surface area contributed by atoms with Crippen LogP contribution in [0.5, 0.6) is 0 Å². The van der Waals surface area contributed by atoms with Crippen molar-refractivity contribution in [2.45, 2.75) is 26.1 Å². The zero-order valence-corrected chi connectivity index (χ0v) is 18.5. The topological polar surface area (TPSA) is 90.5 Å². The van der Waals surface area contributed by atoms with Crippen LogP contribution in [0.4, 0.5) is 4.39 Å². The van der Waals surface area contributed by atoms with Gasteiger partial charge in [0.05, 0.1) is 35.9 Å². The average molecular weight is 455 g/mol. The largest absolute Gasteiger partial charge is 0.348 e. The van der Waals surface area contributed by atoms with E-state index in [1.54, 1.807) is 34.0 Å². The van der Waals surface area contributed by atoms with Crippen molar-refractivity contribution >= 4 is 16.9 Å². The third-order valence-corrected chi connectivity index (χ3v) is 5.45. The summed E-state index contributed by atoms with van der Waals surface area (Å²) in [5, 5.41) is 12.2. The van der Waals surface area contributed by atoms with Crippen LogP contribution in [0, 0.1) is 5.82 Å². The van der Waals surface area contributed by atoms with E-state index in [1.807, 2.05) is 43.3 Å². The fraction of sp³-hybridized carbons (Fsp3) is 0.160. The maximum absolute atomic E-state index is 13.7. The number of hydrogen-bond acceptors (Lipinski definition) is 5. The third-order valence-electron chi connectivity index (χ3n) is 5.45. The summed E-state index contributed by atoms with van der Waals surface area (Å²) >= 11 is 0. The molecule has 0 aliphatic carbocycles. The van der Waals surface area contributed by atoms with Crippen LogP contribution >= 0.6 is 0 Å². The molecule has 0 saturated carbocycles. The van der Waals surface area contributed by atoms with Crippen LogP contribution in [0.25, 0.3) is 22.3 Å². The number of hydrogen-bond donors (Lipinski definition) is 1. The van der Waals surface area contributed by atoms with E-state index in [9.17, 15) is 9.18 Å². The Morgan fingerprint density at radius 1 is 1.09 bits per heavy atom. The fourth-order valence-electron chi connectivity index (χ4n) is 3.87. The molecule has 0 bridgehead atoms. The molecular formula is C25H22FN7O. The quantitative estimate of drug-likeness (QED) is 0.404. The normalized spacial score (nSPS) is 12.1. The highest BCUT2D eigenvalue weighted by molar-refractivity contribution is 6.06. The standard InChI is InChI=1S/C25H22FN7O/c1-17(13-32-16-27-15-29-32)30-25(34)21-11-23(19-7-3-2-4-8-19)31-24-22(21)12-28-33(24)14-18-6-5-9-20(26)10-18/h2-12,15-17H,13-14H2,1H3,(H,30,34). The maximum atomic E-state index is 13.7. The van der Waals surface area contributed by atoms with E-state index in [1.165, 1.54) is 18.5 Å². The second-order valence-corrected chi connectivity index (χ2v) is 8.08. The summed E-state index contributed by atoms with van der Waals surface area (Å²) in [6, 6.07) is 17.6. The van der Waals surface area contributed by atoms with Gasteiger partial charge in [-0.2, -0.15) is 10.2 Å². The summed E-state index contributed by atoms with van der Waals surface area (Å²) in [5.74, 6) is -0.546. The number of nitrogens with zero attached hydrogens (tertiary/aromatic N) is 6. The van der Waals surface area contributed by atoms with Gasteiger partial charge >= 0.3 is 0 Å². The molecule has 8 nitrogen and oxygen atoms in total. The van der Waals surface area contributed by atoms with Crippen molar-refractivity contribution in [3.63, 3.8) is 0 Å². The van der Waals surface area contributed by atoms with Gasteiger partial charge in [0.1, 0.15) is 18.5 Å². The average Bonchev–Trinajstić information content (AvgIpc) is 3.49. The summed E-state index contributed by atoms with van der Waals surface area (Å²) in [7, 11) is 0. The molecule has 1 N–H and O–H groups in total. The Morgan fingerprint density at radius 3 is 2.71 bits per heavy atom. The van der Waals surface area contributed by atoms with Gasteiger partial charge in [-0.1, -0.05) is 42.5 Å². The van der Waals surface area contributed by atoms with Crippen LogP contribution in [-0.2, 0) is 13.1 Å². The molecule has 1 atom stereocenters. The van der Waals surface area contributed by atoms with Gasteiger partial charge in [-0.15, -0.1) is 0 Å². The second kappa shape index (κ2) is 9.22. The van der Waals surface area contributed by atoms with Crippen molar-refractivity contribution in [1.82, 2.24) is 34.8 Å². The van der Waals surface area contributed by atoms with Gasteiger partial charge in [-0.25, -0.2) is 19.0 Å². The molecule has 0 aliphatic rings. The van der Waals surface area contributed by atoms with Crippen molar-refractivity contribution in [3.05, 3.63) is 96.5 Å². The van der Waals surface area contributed by atoms with Gasteiger partial charge < -0.3 is 5.32 Å². The van der Waals surface area contributed by atoms with Crippen molar-refractivity contribution in [1.29, 1.82) is 0 Å². The summed E-state index contributed by atoms with van der Waals surface area (Å²) < 4.78 is 17.1. The second-order valence-electron chi connectivity index (χ2n) is 8.08. The first-order valence-corrected chi connectivity index (χ1v) is 10.9. The number of aromatic nitrogens is 6. The molecule has 5 aromatic rings. The molecule has 3 heterocycles. The van der Waals surface area contributed by atoms with Crippen LogP contribution in [-0.4, -0.2) is 41.5 Å². The van der Waals surface area contributed by atoms with Crippen LogP contribution in [0.3, 0.4) is 0 Å². The van der Waals surface area contributed by atoms with E-state index in [-0.39, 0.29) is 17.8 Å². The Hall–Kier alpha value is -4.40. The first kappa shape index (κ1) is 21.4. The number of carbonyl (C=O) groups is 1. The van der Waals surface area contributed by atoms with E-state index < -0.39 is 0 Å². The lowest BCUT2D eigenvalue weighted by Crippen LogP contribution is -2.36. The number of nitrogens with one attached hydrogen (secondary N) is 1. The van der Waals surface area contributed by atoms with E-state index >= 15 is 0 Å². The molecule has 0 aliphatic heterocycles. The summed E-state index contributed by atoms with van der Waals surface area (Å²) in [4.78, 5) is 22.1. The predicted molar refractivity (Wildman–Crippen MR) is 125 cm³/mol. The molecule has 1 amide bonds. The zero-order valence-electron chi connectivity index (χ0n) is 18.5. The minimum absolute atomic E-state index is 0.181. The Labute approximate surface area is 195 Å². The first-order valence-electron chi connectivity index (χ1n) is 10.9. The van der Waals surface area contributed by atoms with Crippen molar-refractivity contribution in [2.24, 2.45) is 0 Å². The molecule has 170 valence electrons. The van der Waals surface area contributed by atoms with Crippen LogP contribution in [0.15, 0.2) is 79.5 Å². The molecule has 0 spiro atoms. The van der Waals surface area contributed by atoms with Gasteiger partial charge in [-0.05, 0) is 30.7 Å². The van der Waals surface area contributed by atoms with Gasteiger partial charge in [-0.3, -0.25) is 9.48 Å². The number of amides is 1. The number of benzene rings is 2. The molecule has 5 rings (SSSR count). The lowest BCUT2D eigenvalue weighted by atomic mass is 10.1. The number of fused-ring (bicyclic) bond motifs is 1. The highest BCUT2D eigenvalue weighted by Gasteiger charge is 2.19. The Morgan fingerprint density at radius 2 is 1.94 bits per heavy atom. The Balaban J connectivity index is 1.53. The number of halogens is 1. The molecule has 0 radical (unpaired) electrons.